The fourth-order valence-corrected chi connectivity index (χ4v) is 7.68. The zero-order valence-electron chi connectivity index (χ0n) is 19.4. The summed E-state index contributed by atoms with van der Waals surface area (Å²) >= 11 is 11.7. The number of methoxy groups -OCH3 is 2. The third kappa shape index (κ3) is 6.34. The summed E-state index contributed by atoms with van der Waals surface area (Å²) in [5.74, 6) is -1.08. The number of hydrogen-bond acceptors (Lipinski definition) is 6. The number of carbonyl (C=O) groups excluding carboxylic acids is 2. The van der Waals surface area contributed by atoms with Gasteiger partial charge < -0.3 is 20.1 Å². The Morgan fingerprint density at radius 1 is 0.818 bits per heavy atom. The quantitative estimate of drug-likeness (QED) is 0.288. The number of hydrogen-bond donors (Lipinski definition) is 2. The molecule has 0 aromatic heterocycles. The van der Waals surface area contributed by atoms with Crippen LogP contribution in [0.3, 0.4) is 0 Å². The summed E-state index contributed by atoms with van der Waals surface area (Å²) in [6.07, 6.45) is -0.0301. The Morgan fingerprint density at radius 3 is 1.58 bits per heavy atom. The molecule has 0 radical (unpaired) electrons. The fraction of sp³-hybridized carbons (Fsp3) is 0.333. The highest BCUT2D eigenvalue weighted by atomic mass is 32.1. The van der Waals surface area contributed by atoms with E-state index in [2.05, 4.69) is 10.6 Å². The van der Waals surface area contributed by atoms with Crippen molar-refractivity contribution in [2.24, 2.45) is 0 Å². The molecule has 0 bridgehead atoms. The fourth-order valence-electron chi connectivity index (χ4n) is 3.33. The average Bonchev–Trinajstić information content (AvgIpc) is 2.79. The van der Waals surface area contributed by atoms with Gasteiger partial charge in [-0.3, -0.25) is 9.59 Å². The summed E-state index contributed by atoms with van der Waals surface area (Å²) in [6, 6.07) is 18.5. The van der Waals surface area contributed by atoms with Crippen LogP contribution in [0.4, 0.5) is 11.4 Å². The van der Waals surface area contributed by atoms with Crippen LogP contribution in [0.15, 0.2) is 60.7 Å². The molecule has 1 atom stereocenters. The summed E-state index contributed by atoms with van der Waals surface area (Å²) in [5.41, 5.74) is 1.39. The highest BCUT2D eigenvalue weighted by Gasteiger charge is 2.58. The Hall–Kier alpha value is -2.41. The molecule has 0 fully saturated rings. The lowest BCUT2D eigenvalue weighted by Gasteiger charge is -2.45. The highest BCUT2D eigenvalue weighted by Crippen LogP contribution is 2.61. The van der Waals surface area contributed by atoms with Crippen LogP contribution in [0.25, 0.3) is 0 Å². The lowest BCUT2D eigenvalue weighted by Crippen LogP contribution is -2.58. The molecular weight excluding hydrogens is 475 g/mol. The lowest BCUT2D eigenvalue weighted by atomic mass is 10.1. The second-order valence-corrected chi connectivity index (χ2v) is 12.2. The largest absolute Gasteiger partial charge is 0.469 e. The van der Waals surface area contributed by atoms with Crippen LogP contribution in [-0.2, 0) is 19.1 Å². The summed E-state index contributed by atoms with van der Waals surface area (Å²) in [5, 5.41) is 4.24. The first-order valence-electron chi connectivity index (χ1n) is 10.2. The van der Waals surface area contributed by atoms with Gasteiger partial charge >= 0.3 is 11.9 Å². The third-order valence-corrected chi connectivity index (χ3v) is 9.68. The Balaban J connectivity index is 2.72. The van der Waals surface area contributed by atoms with Crippen LogP contribution < -0.4 is 10.6 Å². The number of ether oxygens (including phenoxy) is 2. The van der Waals surface area contributed by atoms with Crippen molar-refractivity contribution < 1.29 is 19.1 Å². The van der Waals surface area contributed by atoms with E-state index in [0.717, 1.165) is 0 Å². The molecule has 9 heteroatoms. The van der Waals surface area contributed by atoms with Gasteiger partial charge in [0.2, 0.25) is 0 Å². The lowest BCUT2D eigenvalue weighted by molar-refractivity contribution is -0.140. The van der Waals surface area contributed by atoms with Crippen molar-refractivity contribution in [3.63, 3.8) is 0 Å². The first kappa shape index (κ1) is 26.8. The maximum Gasteiger partial charge on any atom is 0.330 e. The van der Waals surface area contributed by atoms with E-state index < -0.39 is 30.2 Å². The maximum atomic E-state index is 13.6. The van der Waals surface area contributed by atoms with E-state index in [1.54, 1.807) is 0 Å². The van der Waals surface area contributed by atoms with E-state index in [0.29, 0.717) is 11.4 Å². The first-order chi connectivity index (χ1) is 15.6. The second-order valence-electron chi connectivity index (χ2n) is 8.18. The van der Waals surface area contributed by atoms with Gasteiger partial charge in [0.25, 0.3) is 0 Å². The minimum atomic E-state index is -1.59. The molecule has 2 rings (SSSR count). The van der Waals surface area contributed by atoms with E-state index in [9.17, 15) is 9.59 Å². The third-order valence-electron chi connectivity index (χ3n) is 4.93. The minimum absolute atomic E-state index is 0.0301. The molecular formula is C24H29N2O4PS2. The highest BCUT2D eigenvalue weighted by molar-refractivity contribution is 7.86. The molecule has 2 N–H and O–H groups in total. The molecule has 2 aromatic carbocycles. The number of nitrogens with one attached hydrogen (secondary N) is 2. The zero-order valence-corrected chi connectivity index (χ0v) is 21.9. The van der Waals surface area contributed by atoms with E-state index in [1.807, 2.05) is 81.4 Å². The van der Waals surface area contributed by atoms with Crippen molar-refractivity contribution >= 4 is 65.6 Å². The molecule has 176 valence electrons. The van der Waals surface area contributed by atoms with Crippen molar-refractivity contribution in [1.29, 1.82) is 0 Å². The van der Waals surface area contributed by atoms with Crippen molar-refractivity contribution in [1.82, 2.24) is 0 Å². The van der Waals surface area contributed by atoms with Gasteiger partial charge in [-0.05, 0) is 29.4 Å². The van der Waals surface area contributed by atoms with Crippen LogP contribution >= 0.6 is 32.4 Å². The molecule has 0 saturated heterocycles. The number of carbonyl (C=O) groups is 2. The molecule has 0 aliphatic carbocycles. The Labute approximate surface area is 207 Å². The molecule has 0 aliphatic heterocycles. The average molecular weight is 505 g/mol. The van der Waals surface area contributed by atoms with Crippen LogP contribution in [0.2, 0.25) is 0 Å². The zero-order chi connectivity index (χ0) is 24.6. The van der Waals surface area contributed by atoms with E-state index >= 15 is 0 Å². The van der Waals surface area contributed by atoms with E-state index in [1.165, 1.54) is 14.2 Å². The van der Waals surface area contributed by atoms with Gasteiger partial charge in [-0.2, -0.15) is 0 Å². The molecule has 0 spiro atoms. The molecule has 1 unspecified atom stereocenters. The number of esters is 2. The summed E-state index contributed by atoms with van der Waals surface area (Å²) in [6.45, 7) is 5.86. The number of para-hydroxylation sites is 2. The van der Waals surface area contributed by atoms with Crippen molar-refractivity contribution in [3.05, 3.63) is 60.7 Å². The van der Waals surface area contributed by atoms with Crippen LogP contribution in [0.1, 0.15) is 20.8 Å². The second kappa shape index (κ2) is 11.6. The van der Waals surface area contributed by atoms with Gasteiger partial charge in [-0.15, -0.1) is 0 Å². The molecule has 6 nitrogen and oxygen atoms in total. The summed E-state index contributed by atoms with van der Waals surface area (Å²) in [7, 11) is 1.04. The molecule has 0 saturated carbocycles. The number of rotatable bonds is 8. The number of anilines is 2. The van der Waals surface area contributed by atoms with Gasteiger partial charge in [-0.1, -0.05) is 89.5 Å². The van der Waals surface area contributed by atoms with Crippen molar-refractivity contribution in [2.45, 2.75) is 31.1 Å². The maximum absolute atomic E-state index is 13.6. The van der Waals surface area contributed by atoms with Gasteiger partial charge in [0.1, 0.15) is 9.98 Å². The standard InChI is InChI=1S/C24H29N2O4PS2/c1-23(2,3)31(16-19(27)29-4)24(22(28)30-5,20(32)25-17-12-8-6-9-13-17)21(33)26-18-14-10-7-11-15-18/h6-15H,16H2,1-5H3,(H,25,32)(H,26,33). The molecule has 0 amide bonds. The Kier molecular flexibility index (Phi) is 9.46. The smallest absolute Gasteiger partial charge is 0.330 e. The molecule has 0 aliphatic rings. The normalized spacial score (nSPS) is 12.3. The monoisotopic (exact) mass is 504 g/mol. The predicted molar refractivity (Wildman–Crippen MR) is 144 cm³/mol. The molecule has 2 aromatic rings. The predicted octanol–water partition coefficient (Wildman–Crippen LogP) is 5.23. The van der Waals surface area contributed by atoms with Gasteiger partial charge in [0.05, 0.1) is 20.4 Å². The van der Waals surface area contributed by atoms with E-state index in [-0.39, 0.29) is 16.1 Å². The minimum Gasteiger partial charge on any atom is -0.469 e. The van der Waals surface area contributed by atoms with Gasteiger partial charge in [0.15, 0.2) is 5.16 Å². The Morgan fingerprint density at radius 2 is 1.24 bits per heavy atom. The SMILES string of the molecule is COC(=O)CP(C(C)(C)C)C(C(=O)OC)(C(=S)Nc1ccccc1)C(=S)Nc1ccccc1. The van der Waals surface area contributed by atoms with Gasteiger partial charge in [0, 0.05) is 11.4 Å². The van der Waals surface area contributed by atoms with Crippen molar-refractivity contribution in [2.75, 3.05) is 31.0 Å². The number of thiocarbonyl (C=S) groups is 2. The van der Waals surface area contributed by atoms with Gasteiger partial charge in [-0.25, -0.2) is 0 Å². The molecule has 33 heavy (non-hydrogen) atoms. The number of benzene rings is 2. The first-order valence-corrected chi connectivity index (χ1v) is 12.6. The Bertz CT molecular complexity index is 941. The van der Waals surface area contributed by atoms with Crippen LogP contribution in [0, 0.1) is 0 Å². The van der Waals surface area contributed by atoms with E-state index in [4.69, 9.17) is 33.9 Å². The van der Waals surface area contributed by atoms with Crippen molar-refractivity contribution in [3.8, 4) is 0 Å². The molecule has 0 heterocycles. The summed E-state index contributed by atoms with van der Waals surface area (Å²) < 4.78 is 10.3. The van der Waals surface area contributed by atoms with Crippen LogP contribution in [0.5, 0.6) is 0 Å². The van der Waals surface area contributed by atoms with Crippen LogP contribution in [-0.4, -0.2) is 52.6 Å². The summed E-state index contributed by atoms with van der Waals surface area (Å²) in [4.78, 5) is 26.5. The topological polar surface area (TPSA) is 76.7 Å².